The van der Waals surface area contributed by atoms with E-state index in [2.05, 4.69) is 0 Å². The predicted molar refractivity (Wildman–Crippen MR) is 64.4 cm³/mol. The first-order valence-corrected chi connectivity index (χ1v) is 5.68. The van der Waals surface area contributed by atoms with Gasteiger partial charge in [0.15, 0.2) is 0 Å². The van der Waals surface area contributed by atoms with Crippen LogP contribution in [0, 0.1) is 15.9 Å². The second kappa shape index (κ2) is 6.79. The summed E-state index contributed by atoms with van der Waals surface area (Å²) in [6.07, 6.45) is -0.489. The quantitative estimate of drug-likeness (QED) is 0.450. The van der Waals surface area contributed by atoms with E-state index in [4.69, 9.17) is 9.47 Å². The summed E-state index contributed by atoms with van der Waals surface area (Å²) in [6, 6.07) is 2.85. The third-order valence-corrected chi connectivity index (χ3v) is 2.24. The normalized spacial score (nSPS) is 11.9. The molecule has 1 aromatic rings. The number of hydrogen-bond acceptors (Lipinski definition) is 5. The molecule has 0 heterocycles. The second-order valence-corrected chi connectivity index (χ2v) is 3.80. The van der Waals surface area contributed by atoms with E-state index in [0.717, 1.165) is 18.2 Å². The zero-order valence-electron chi connectivity index (χ0n) is 10.6. The van der Waals surface area contributed by atoms with Crippen molar-refractivity contribution in [3.05, 3.63) is 39.7 Å². The molecule has 0 bridgehead atoms. The van der Waals surface area contributed by atoms with Crippen LogP contribution < -0.4 is 0 Å². The molecule has 0 aromatic heterocycles. The summed E-state index contributed by atoms with van der Waals surface area (Å²) in [6.45, 7) is 4.15. The van der Waals surface area contributed by atoms with Crippen molar-refractivity contribution in [3.8, 4) is 0 Å². The standard InChI is InChI=1S/C12H14FNO5/c1-3-18-7-8(2)19-12(15)9-4-5-10(13)11(6-9)14(16)17/h4-6,8H,3,7H2,1-2H3. The van der Waals surface area contributed by atoms with Crippen LogP contribution in [0.2, 0.25) is 0 Å². The van der Waals surface area contributed by atoms with Gasteiger partial charge >= 0.3 is 11.7 Å². The Balaban J connectivity index is 2.77. The minimum Gasteiger partial charge on any atom is -0.457 e. The maximum atomic E-state index is 13.1. The molecule has 1 aromatic carbocycles. The van der Waals surface area contributed by atoms with Crippen molar-refractivity contribution in [3.63, 3.8) is 0 Å². The zero-order valence-corrected chi connectivity index (χ0v) is 10.6. The van der Waals surface area contributed by atoms with Crippen molar-refractivity contribution < 1.29 is 23.6 Å². The topological polar surface area (TPSA) is 78.7 Å². The monoisotopic (exact) mass is 271 g/mol. The first kappa shape index (κ1) is 15.0. The van der Waals surface area contributed by atoms with E-state index in [0.29, 0.717) is 6.61 Å². The summed E-state index contributed by atoms with van der Waals surface area (Å²) >= 11 is 0. The third-order valence-electron chi connectivity index (χ3n) is 2.24. The Hall–Kier alpha value is -2.02. The van der Waals surface area contributed by atoms with E-state index < -0.39 is 28.5 Å². The molecule has 6 nitrogen and oxygen atoms in total. The molecule has 0 spiro atoms. The summed E-state index contributed by atoms with van der Waals surface area (Å²) in [7, 11) is 0. The lowest BCUT2D eigenvalue weighted by Gasteiger charge is -2.12. The Morgan fingerprint density at radius 3 is 2.79 bits per heavy atom. The lowest BCUT2D eigenvalue weighted by atomic mass is 10.2. The van der Waals surface area contributed by atoms with Gasteiger partial charge in [-0.15, -0.1) is 0 Å². The molecule has 0 N–H and O–H groups in total. The van der Waals surface area contributed by atoms with Crippen LogP contribution in [0.25, 0.3) is 0 Å². The molecule has 0 fully saturated rings. The van der Waals surface area contributed by atoms with Gasteiger partial charge in [0.1, 0.15) is 6.10 Å². The molecule has 7 heteroatoms. The van der Waals surface area contributed by atoms with Gasteiger partial charge in [-0.25, -0.2) is 4.79 Å². The highest BCUT2D eigenvalue weighted by atomic mass is 19.1. The number of nitrogens with zero attached hydrogens (tertiary/aromatic N) is 1. The average Bonchev–Trinajstić information content (AvgIpc) is 2.36. The van der Waals surface area contributed by atoms with Crippen LogP contribution in [0.15, 0.2) is 18.2 Å². The molecule has 0 aliphatic carbocycles. The van der Waals surface area contributed by atoms with Crippen molar-refractivity contribution in [1.29, 1.82) is 0 Å². The number of ether oxygens (including phenoxy) is 2. The highest BCUT2D eigenvalue weighted by molar-refractivity contribution is 5.90. The lowest BCUT2D eigenvalue weighted by molar-refractivity contribution is -0.387. The summed E-state index contributed by atoms with van der Waals surface area (Å²) in [5.41, 5.74) is -0.830. The van der Waals surface area contributed by atoms with Crippen molar-refractivity contribution in [2.75, 3.05) is 13.2 Å². The van der Waals surface area contributed by atoms with E-state index >= 15 is 0 Å². The second-order valence-electron chi connectivity index (χ2n) is 3.80. The van der Waals surface area contributed by atoms with Crippen molar-refractivity contribution in [2.45, 2.75) is 20.0 Å². The first-order valence-electron chi connectivity index (χ1n) is 5.68. The van der Waals surface area contributed by atoms with E-state index in [1.54, 1.807) is 13.8 Å². The lowest BCUT2D eigenvalue weighted by Crippen LogP contribution is -2.20. The van der Waals surface area contributed by atoms with Gasteiger partial charge in [0, 0.05) is 12.7 Å². The van der Waals surface area contributed by atoms with Crippen molar-refractivity contribution in [2.24, 2.45) is 0 Å². The van der Waals surface area contributed by atoms with E-state index in [9.17, 15) is 19.3 Å². The molecule has 1 rings (SSSR count). The van der Waals surface area contributed by atoms with E-state index in [-0.39, 0.29) is 12.2 Å². The Morgan fingerprint density at radius 1 is 1.53 bits per heavy atom. The van der Waals surface area contributed by atoms with Gasteiger partial charge in [-0.3, -0.25) is 10.1 Å². The Morgan fingerprint density at radius 2 is 2.21 bits per heavy atom. The highest BCUT2D eigenvalue weighted by Crippen LogP contribution is 2.19. The Bertz CT molecular complexity index is 477. The molecule has 0 aliphatic heterocycles. The largest absolute Gasteiger partial charge is 0.457 e. The third kappa shape index (κ3) is 4.29. The van der Waals surface area contributed by atoms with Gasteiger partial charge in [0.2, 0.25) is 5.82 Å². The van der Waals surface area contributed by atoms with Crippen LogP contribution in [0.4, 0.5) is 10.1 Å². The number of carbonyl (C=O) groups is 1. The molecule has 1 unspecified atom stereocenters. The molecule has 0 saturated heterocycles. The number of rotatable bonds is 6. The highest BCUT2D eigenvalue weighted by Gasteiger charge is 2.19. The minimum atomic E-state index is -0.996. The predicted octanol–water partition coefficient (Wildman–Crippen LogP) is 2.32. The molecular formula is C12H14FNO5. The molecule has 104 valence electrons. The van der Waals surface area contributed by atoms with Crippen molar-refractivity contribution >= 4 is 11.7 Å². The number of hydrogen-bond donors (Lipinski definition) is 0. The number of halogens is 1. The number of nitro benzene ring substituents is 1. The number of benzene rings is 1. The maximum Gasteiger partial charge on any atom is 0.338 e. The molecule has 1 atom stereocenters. The Labute approximate surface area is 109 Å². The van der Waals surface area contributed by atoms with Gasteiger partial charge in [-0.2, -0.15) is 4.39 Å². The van der Waals surface area contributed by atoms with Gasteiger partial charge in [-0.1, -0.05) is 0 Å². The molecule has 0 saturated carbocycles. The fraction of sp³-hybridized carbons (Fsp3) is 0.417. The van der Waals surface area contributed by atoms with Gasteiger partial charge < -0.3 is 9.47 Å². The minimum absolute atomic E-state index is 0.0727. The molecule has 0 aliphatic rings. The fourth-order valence-corrected chi connectivity index (χ4v) is 1.35. The average molecular weight is 271 g/mol. The summed E-state index contributed by atoms with van der Waals surface area (Å²) < 4.78 is 23.2. The molecular weight excluding hydrogens is 257 g/mol. The van der Waals surface area contributed by atoms with Crippen LogP contribution in [0.1, 0.15) is 24.2 Å². The SMILES string of the molecule is CCOCC(C)OC(=O)c1ccc(F)c([N+](=O)[O-])c1. The van der Waals surface area contributed by atoms with E-state index in [1.165, 1.54) is 0 Å². The van der Waals surface area contributed by atoms with Gasteiger partial charge in [0.05, 0.1) is 17.1 Å². The van der Waals surface area contributed by atoms with Gasteiger partial charge in [-0.05, 0) is 26.0 Å². The molecule has 19 heavy (non-hydrogen) atoms. The van der Waals surface area contributed by atoms with Crippen molar-refractivity contribution in [1.82, 2.24) is 0 Å². The van der Waals surface area contributed by atoms with Gasteiger partial charge in [0.25, 0.3) is 0 Å². The number of carbonyl (C=O) groups excluding carboxylic acids is 1. The smallest absolute Gasteiger partial charge is 0.338 e. The van der Waals surface area contributed by atoms with Crippen LogP contribution >= 0.6 is 0 Å². The molecule has 0 amide bonds. The summed E-state index contributed by atoms with van der Waals surface area (Å²) in [5.74, 6) is -1.75. The first-order chi connectivity index (χ1) is 8.95. The van der Waals surface area contributed by atoms with Crippen LogP contribution in [-0.2, 0) is 9.47 Å². The number of nitro groups is 1. The number of esters is 1. The van der Waals surface area contributed by atoms with Crippen LogP contribution in [0.5, 0.6) is 0 Å². The van der Waals surface area contributed by atoms with Crippen LogP contribution in [-0.4, -0.2) is 30.2 Å². The fourth-order valence-electron chi connectivity index (χ4n) is 1.35. The zero-order chi connectivity index (χ0) is 14.4. The Kier molecular flexibility index (Phi) is 5.37. The van der Waals surface area contributed by atoms with E-state index in [1.807, 2.05) is 0 Å². The summed E-state index contributed by atoms with van der Waals surface area (Å²) in [4.78, 5) is 21.3. The van der Waals surface area contributed by atoms with Crippen LogP contribution in [0.3, 0.4) is 0 Å². The molecule has 0 radical (unpaired) electrons. The summed E-state index contributed by atoms with van der Waals surface area (Å²) in [5, 5.41) is 10.6. The maximum absolute atomic E-state index is 13.1.